The number of hydrogen-bond acceptors (Lipinski definition) is 4. The molecule has 0 aliphatic rings. The second-order valence-corrected chi connectivity index (χ2v) is 9.48. The molecule has 0 fully saturated rings. The van der Waals surface area contributed by atoms with Crippen LogP contribution in [0.1, 0.15) is 31.7 Å². The lowest BCUT2D eigenvalue weighted by molar-refractivity contribution is 0.600. The van der Waals surface area contributed by atoms with Crippen LogP contribution >= 0.6 is 0 Å². The molecule has 1 atom stereocenters. The molecule has 0 aliphatic heterocycles. The van der Waals surface area contributed by atoms with Gasteiger partial charge in [-0.1, -0.05) is 26.0 Å². The summed E-state index contributed by atoms with van der Waals surface area (Å²) in [6, 6.07) is 12.4. The molecule has 1 N–H and O–H groups in total. The van der Waals surface area contributed by atoms with Crippen molar-refractivity contribution in [2.75, 3.05) is 11.0 Å². The molecule has 0 bridgehead atoms. The Labute approximate surface area is 143 Å². The van der Waals surface area contributed by atoms with Crippen molar-refractivity contribution in [2.24, 2.45) is 0 Å². The summed E-state index contributed by atoms with van der Waals surface area (Å²) in [6.07, 6.45) is 2.09. The van der Waals surface area contributed by atoms with Crippen LogP contribution in [0.15, 0.2) is 58.3 Å². The van der Waals surface area contributed by atoms with Crippen molar-refractivity contribution < 1.29 is 16.8 Å². The molecule has 130 valence electrons. The van der Waals surface area contributed by atoms with Gasteiger partial charge in [0.1, 0.15) is 0 Å². The van der Waals surface area contributed by atoms with Gasteiger partial charge in [0.05, 0.1) is 9.79 Å². The van der Waals surface area contributed by atoms with E-state index >= 15 is 0 Å². The fourth-order valence-corrected chi connectivity index (χ4v) is 3.88. The molecule has 0 saturated heterocycles. The number of hydrogen-bond donors (Lipinski definition) is 1. The van der Waals surface area contributed by atoms with Gasteiger partial charge in [0, 0.05) is 11.9 Å². The molecule has 0 amide bonds. The van der Waals surface area contributed by atoms with Crippen molar-refractivity contribution in [3.8, 4) is 0 Å². The minimum Gasteiger partial charge on any atom is -0.280 e. The first kappa shape index (κ1) is 18.5. The van der Waals surface area contributed by atoms with Crippen molar-refractivity contribution in [3.63, 3.8) is 0 Å². The minimum absolute atomic E-state index is 0.142. The van der Waals surface area contributed by atoms with Crippen LogP contribution in [0.4, 0.5) is 5.69 Å². The second kappa shape index (κ2) is 6.94. The molecular weight excluding hydrogens is 346 g/mol. The minimum atomic E-state index is -3.71. The van der Waals surface area contributed by atoms with Crippen molar-refractivity contribution in [1.82, 2.24) is 0 Å². The summed E-state index contributed by atoms with van der Waals surface area (Å²) >= 11 is 0. The van der Waals surface area contributed by atoms with Crippen molar-refractivity contribution >= 4 is 25.5 Å². The molecule has 2 aromatic carbocycles. The predicted molar refractivity (Wildman–Crippen MR) is 95.5 cm³/mol. The Hall–Kier alpha value is -1.86. The summed E-state index contributed by atoms with van der Waals surface area (Å²) < 4.78 is 50.1. The topological polar surface area (TPSA) is 80.3 Å². The molecule has 5 nitrogen and oxygen atoms in total. The van der Waals surface area contributed by atoms with Gasteiger partial charge < -0.3 is 0 Å². The molecule has 0 aromatic heterocycles. The average Bonchev–Trinajstić information content (AvgIpc) is 2.53. The van der Waals surface area contributed by atoms with Gasteiger partial charge in [-0.2, -0.15) is 0 Å². The Kier molecular flexibility index (Phi) is 5.35. The Morgan fingerprint density at radius 2 is 1.38 bits per heavy atom. The number of rotatable bonds is 6. The molecule has 2 rings (SSSR count). The van der Waals surface area contributed by atoms with Crippen molar-refractivity contribution in [3.05, 3.63) is 54.1 Å². The Morgan fingerprint density at radius 3 is 1.83 bits per heavy atom. The third-order valence-corrected chi connectivity index (χ3v) is 6.43. The van der Waals surface area contributed by atoms with Gasteiger partial charge in [-0.3, -0.25) is 4.72 Å². The largest absolute Gasteiger partial charge is 0.280 e. The summed E-state index contributed by atoms with van der Waals surface area (Å²) in [5, 5.41) is 0. The molecule has 0 radical (unpaired) electrons. The van der Waals surface area contributed by atoms with Gasteiger partial charge in [0.2, 0.25) is 0 Å². The summed E-state index contributed by atoms with van der Waals surface area (Å²) in [4.78, 5) is 0.310. The summed E-state index contributed by atoms with van der Waals surface area (Å²) in [7, 11) is -7.02. The first-order chi connectivity index (χ1) is 11.1. The van der Waals surface area contributed by atoms with E-state index in [0.29, 0.717) is 11.6 Å². The van der Waals surface area contributed by atoms with Crippen LogP contribution in [0.5, 0.6) is 0 Å². The highest BCUT2D eigenvalue weighted by Crippen LogP contribution is 2.22. The summed E-state index contributed by atoms with van der Waals surface area (Å²) in [5.41, 5.74) is 1.40. The lowest BCUT2D eigenvalue weighted by Gasteiger charge is -2.11. The Balaban J connectivity index is 2.22. The van der Waals surface area contributed by atoms with Gasteiger partial charge >= 0.3 is 0 Å². The highest BCUT2D eigenvalue weighted by Gasteiger charge is 2.15. The quantitative estimate of drug-likeness (QED) is 0.848. The van der Waals surface area contributed by atoms with Crippen LogP contribution in [0.3, 0.4) is 0 Å². The Bertz CT molecular complexity index is 900. The zero-order valence-corrected chi connectivity index (χ0v) is 15.5. The normalized spacial score (nSPS) is 13.5. The van der Waals surface area contributed by atoms with Crippen LogP contribution in [-0.4, -0.2) is 23.1 Å². The third kappa shape index (κ3) is 4.36. The van der Waals surface area contributed by atoms with E-state index in [4.69, 9.17) is 0 Å². The van der Waals surface area contributed by atoms with Crippen molar-refractivity contribution in [1.29, 1.82) is 0 Å². The number of benzene rings is 2. The van der Waals surface area contributed by atoms with Gasteiger partial charge in [0.25, 0.3) is 10.0 Å². The van der Waals surface area contributed by atoms with Gasteiger partial charge in [-0.15, -0.1) is 0 Å². The van der Waals surface area contributed by atoms with Crippen LogP contribution in [0.2, 0.25) is 0 Å². The van der Waals surface area contributed by atoms with E-state index in [1.807, 2.05) is 12.1 Å². The highest BCUT2D eigenvalue weighted by molar-refractivity contribution is 7.92. The van der Waals surface area contributed by atoms with E-state index in [-0.39, 0.29) is 9.79 Å². The maximum absolute atomic E-state index is 12.4. The highest BCUT2D eigenvalue weighted by atomic mass is 32.2. The maximum atomic E-state index is 12.4. The maximum Gasteiger partial charge on any atom is 0.261 e. The summed E-state index contributed by atoms with van der Waals surface area (Å²) in [5.74, 6) is 0.373. The Morgan fingerprint density at radius 1 is 0.875 bits per heavy atom. The van der Waals surface area contributed by atoms with E-state index in [1.54, 1.807) is 12.1 Å². The standard InChI is InChI=1S/C17H21NO4S2/c1-4-13(2)14-5-9-17(10-6-14)24(21,22)18-15-7-11-16(12-8-15)23(3,19)20/h5-13,18H,4H2,1-3H3/t13-/m0/s1. The fraction of sp³-hybridized carbons (Fsp3) is 0.294. The van der Waals surface area contributed by atoms with Gasteiger partial charge in [-0.25, -0.2) is 16.8 Å². The molecule has 2 aromatic rings. The lowest BCUT2D eigenvalue weighted by atomic mass is 9.99. The van der Waals surface area contributed by atoms with Crippen molar-refractivity contribution in [2.45, 2.75) is 36.0 Å². The van der Waals surface area contributed by atoms with E-state index < -0.39 is 19.9 Å². The zero-order valence-electron chi connectivity index (χ0n) is 13.9. The summed E-state index contributed by atoms with van der Waals surface area (Å²) in [6.45, 7) is 4.17. The fourth-order valence-electron chi connectivity index (χ4n) is 2.20. The first-order valence-corrected chi connectivity index (χ1v) is 10.9. The smallest absolute Gasteiger partial charge is 0.261 e. The lowest BCUT2D eigenvalue weighted by Crippen LogP contribution is -2.13. The van der Waals surface area contributed by atoms with Gasteiger partial charge in [-0.05, 0) is 54.3 Å². The van der Waals surface area contributed by atoms with E-state index in [2.05, 4.69) is 18.6 Å². The number of nitrogens with one attached hydrogen (secondary N) is 1. The predicted octanol–water partition coefficient (Wildman–Crippen LogP) is 3.40. The van der Waals surface area contributed by atoms with Crippen LogP contribution in [0, 0.1) is 0 Å². The molecule has 0 heterocycles. The van der Waals surface area contributed by atoms with Crippen LogP contribution < -0.4 is 4.72 Å². The van der Waals surface area contributed by atoms with Crippen LogP contribution in [0.25, 0.3) is 0 Å². The van der Waals surface area contributed by atoms with E-state index in [9.17, 15) is 16.8 Å². The molecule has 0 spiro atoms. The molecule has 0 unspecified atom stereocenters. The molecule has 7 heteroatoms. The molecule has 24 heavy (non-hydrogen) atoms. The number of anilines is 1. The molecular formula is C17H21NO4S2. The molecule has 0 saturated carbocycles. The second-order valence-electron chi connectivity index (χ2n) is 5.78. The number of sulfone groups is 1. The third-order valence-electron chi connectivity index (χ3n) is 3.91. The van der Waals surface area contributed by atoms with Gasteiger partial charge in [0.15, 0.2) is 9.84 Å². The monoisotopic (exact) mass is 367 g/mol. The molecule has 0 aliphatic carbocycles. The van der Waals surface area contributed by atoms with Crippen LogP contribution in [-0.2, 0) is 19.9 Å². The first-order valence-electron chi connectivity index (χ1n) is 7.56. The van der Waals surface area contributed by atoms with E-state index in [0.717, 1.165) is 18.2 Å². The van der Waals surface area contributed by atoms with E-state index in [1.165, 1.54) is 24.3 Å². The zero-order chi connectivity index (χ0) is 18.0. The number of sulfonamides is 1. The average molecular weight is 367 g/mol. The SMILES string of the molecule is CC[C@H](C)c1ccc(S(=O)(=O)Nc2ccc(S(C)(=O)=O)cc2)cc1.